The van der Waals surface area contributed by atoms with Gasteiger partial charge >= 0.3 is 0 Å². The highest BCUT2D eigenvalue weighted by atomic mass is 79.9. The molecule has 0 bridgehead atoms. The SMILES string of the molecule is CCC(C)c1ccc2oc(-c3cccc(N=Cc4c(O)c(OC)cc(Br)c4Br)c3)nc2c1. The summed E-state index contributed by atoms with van der Waals surface area (Å²) in [4.78, 5) is 9.24. The Morgan fingerprint density at radius 3 is 2.75 bits per heavy atom. The van der Waals surface area contributed by atoms with Crippen LogP contribution >= 0.6 is 31.9 Å². The third-order valence-corrected chi connectivity index (χ3v) is 7.45. The Labute approximate surface area is 203 Å². The number of aromatic hydroxyl groups is 1. The second-order valence-electron chi connectivity index (χ2n) is 7.50. The highest BCUT2D eigenvalue weighted by Gasteiger charge is 2.15. The maximum Gasteiger partial charge on any atom is 0.227 e. The van der Waals surface area contributed by atoms with Crippen molar-refractivity contribution in [3.8, 4) is 23.0 Å². The number of ether oxygens (including phenoxy) is 1. The van der Waals surface area contributed by atoms with Gasteiger partial charge in [-0.15, -0.1) is 0 Å². The molecule has 1 unspecified atom stereocenters. The van der Waals surface area contributed by atoms with Crippen LogP contribution in [-0.4, -0.2) is 23.4 Å². The molecule has 1 heterocycles. The summed E-state index contributed by atoms with van der Waals surface area (Å²) >= 11 is 6.94. The number of oxazole rings is 1. The maximum atomic E-state index is 10.5. The molecule has 0 aliphatic rings. The second-order valence-corrected chi connectivity index (χ2v) is 9.15. The lowest BCUT2D eigenvalue weighted by molar-refractivity contribution is 0.372. The lowest BCUT2D eigenvalue weighted by atomic mass is 9.98. The Morgan fingerprint density at radius 2 is 2.00 bits per heavy atom. The van der Waals surface area contributed by atoms with Crippen molar-refractivity contribution in [1.82, 2.24) is 4.98 Å². The van der Waals surface area contributed by atoms with Crippen LogP contribution in [0.2, 0.25) is 0 Å². The maximum absolute atomic E-state index is 10.5. The Hall–Kier alpha value is -2.64. The number of methoxy groups -OCH3 is 1. The summed E-state index contributed by atoms with van der Waals surface area (Å²) in [6.07, 6.45) is 2.67. The highest BCUT2D eigenvalue weighted by molar-refractivity contribution is 9.13. The monoisotopic (exact) mass is 556 g/mol. The quantitative estimate of drug-likeness (QED) is 0.244. The van der Waals surface area contributed by atoms with Gasteiger partial charge in [-0.1, -0.05) is 26.0 Å². The summed E-state index contributed by atoms with van der Waals surface area (Å²) in [7, 11) is 1.51. The van der Waals surface area contributed by atoms with Gasteiger partial charge in [0.15, 0.2) is 17.1 Å². The first-order chi connectivity index (χ1) is 15.4. The fourth-order valence-electron chi connectivity index (χ4n) is 3.35. The number of aromatic nitrogens is 1. The largest absolute Gasteiger partial charge is 0.504 e. The second kappa shape index (κ2) is 9.46. The predicted octanol–water partition coefficient (Wildman–Crippen LogP) is 8.00. The lowest BCUT2D eigenvalue weighted by Gasteiger charge is -2.09. The molecule has 0 aliphatic heterocycles. The molecular formula is C25H22Br2N2O3. The van der Waals surface area contributed by atoms with Crippen molar-refractivity contribution >= 4 is 54.9 Å². The van der Waals surface area contributed by atoms with E-state index in [0.29, 0.717) is 33.3 Å². The number of phenolic OH excluding ortho intramolecular Hbond substituents is 1. The van der Waals surface area contributed by atoms with Gasteiger partial charge in [0.1, 0.15) is 5.52 Å². The van der Waals surface area contributed by atoms with Crippen LogP contribution in [0.4, 0.5) is 5.69 Å². The molecule has 0 radical (unpaired) electrons. The van der Waals surface area contributed by atoms with Crippen LogP contribution in [0, 0.1) is 0 Å². The summed E-state index contributed by atoms with van der Waals surface area (Å²) in [6, 6.07) is 15.5. The van der Waals surface area contributed by atoms with E-state index in [2.05, 4.69) is 62.8 Å². The van der Waals surface area contributed by atoms with Gasteiger partial charge < -0.3 is 14.3 Å². The van der Waals surface area contributed by atoms with E-state index in [-0.39, 0.29) is 5.75 Å². The molecule has 0 aliphatic carbocycles. The summed E-state index contributed by atoms with van der Waals surface area (Å²) in [5.41, 5.74) is 4.92. The Bertz CT molecular complexity index is 1310. The lowest BCUT2D eigenvalue weighted by Crippen LogP contribution is -1.91. The molecule has 1 N–H and O–H groups in total. The average molecular weight is 558 g/mol. The molecule has 4 aromatic rings. The van der Waals surface area contributed by atoms with Crippen LogP contribution in [0.1, 0.15) is 37.3 Å². The average Bonchev–Trinajstić information content (AvgIpc) is 3.24. The van der Waals surface area contributed by atoms with E-state index >= 15 is 0 Å². The number of hydrogen-bond acceptors (Lipinski definition) is 5. The molecule has 0 spiro atoms. The van der Waals surface area contributed by atoms with Gasteiger partial charge in [-0.2, -0.15) is 0 Å². The normalized spacial score (nSPS) is 12.5. The summed E-state index contributed by atoms with van der Waals surface area (Å²) in [6.45, 7) is 4.39. The third kappa shape index (κ3) is 4.45. The van der Waals surface area contributed by atoms with Crippen molar-refractivity contribution in [2.45, 2.75) is 26.2 Å². The number of hydrogen-bond donors (Lipinski definition) is 1. The predicted molar refractivity (Wildman–Crippen MR) is 135 cm³/mol. The minimum atomic E-state index is 0.0125. The van der Waals surface area contributed by atoms with Crippen LogP contribution in [0.25, 0.3) is 22.6 Å². The molecule has 4 rings (SSSR count). The molecule has 7 heteroatoms. The van der Waals surface area contributed by atoms with Gasteiger partial charge in [-0.3, -0.25) is 4.99 Å². The molecule has 0 fully saturated rings. The van der Waals surface area contributed by atoms with Crippen molar-refractivity contribution in [1.29, 1.82) is 0 Å². The summed E-state index contributed by atoms with van der Waals surface area (Å²) in [5, 5.41) is 10.5. The first-order valence-electron chi connectivity index (χ1n) is 10.2. The molecule has 1 atom stereocenters. The van der Waals surface area contributed by atoms with Crippen molar-refractivity contribution in [3.05, 3.63) is 68.6 Å². The van der Waals surface area contributed by atoms with Gasteiger partial charge in [0.25, 0.3) is 0 Å². The smallest absolute Gasteiger partial charge is 0.227 e. The van der Waals surface area contributed by atoms with E-state index in [1.54, 1.807) is 12.3 Å². The number of fused-ring (bicyclic) bond motifs is 1. The van der Waals surface area contributed by atoms with Crippen LogP contribution in [0.5, 0.6) is 11.5 Å². The number of aliphatic imine (C=N–C) groups is 1. The number of benzene rings is 3. The third-order valence-electron chi connectivity index (χ3n) is 5.44. The molecule has 32 heavy (non-hydrogen) atoms. The van der Waals surface area contributed by atoms with Crippen LogP contribution < -0.4 is 4.74 Å². The summed E-state index contributed by atoms with van der Waals surface area (Å²) < 4.78 is 12.7. The molecule has 0 amide bonds. The Morgan fingerprint density at radius 1 is 1.19 bits per heavy atom. The van der Waals surface area contributed by atoms with Gasteiger partial charge in [0, 0.05) is 20.7 Å². The zero-order valence-electron chi connectivity index (χ0n) is 17.9. The molecule has 1 aromatic heterocycles. The Balaban J connectivity index is 1.67. The number of halogens is 2. The highest BCUT2D eigenvalue weighted by Crippen LogP contribution is 2.39. The zero-order valence-corrected chi connectivity index (χ0v) is 21.1. The van der Waals surface area contributed by atoms with Gasteiger partial charge in [0.05, 0.1) is 18.4 Å². The standard InChI is InChI=1S/C25H22Br2N2O3/c1-4-14(2)15-8-9-21-20(11-15)29-25(32-21)16-6-5-7-17(10-16)28-13-18-23(27)19(26)12-22(31-3)24(18)30/h5-14,30H,4H2,1-3H3. The van der Waals surface area contributed by atoms with E-state index in [0.717, 1.165) is 27.6 Å². The van der Waals surface area contributed by atoms with Crippen LogP contribution in [0.15, 0.2) is 66.9 Å². The molecule has 5 nitrogen and oxygen atoms in total. The van der Waals surface area contributed by atoms with Crippen LogP contribution in [0.3, 0.4) is 0 Å². The molecular weight excluding hydrogens is 536 g/mol. The molecule has 0 saturated heterocycles. The number of rotatable bonds is 6. The topological polar surface area (TPSA) is 67.9 Å². The molecule has 3 aromatic carbocycles. The minimum Gasteiger partial charge on any atom is -0.504 e. The fourth-order valence-corrected chi connectivity index (χ4v) is 4.18. The van der Waals surface area contributed by atoms with E-state index < -0.39 is 0 Å². The van der Waals surface area contributed by atoms with E-state index in [9.17, 15) is 5.11 Å². The Kier molecular flexibility index (Phi) is 6.67. The van der Waals surface area contributed by atoms with Crippen molar-refractivity contribution in [2.24, 2.45) is 4.99 Å². The zero-order chi connectivity index (χ0) is 22.8. The van der Waals surface area contributed by atoms with Gasteiger partial charge in [0.2, 0.25) is 5.89 Å². The van der Waals surface area contributed by atoms with Gasteiger partial charge in [-0.05, 0) is 86.2 Å². The minimum absolute atomic E-state index is 0.0125. The fraction of sp³-hybridized carbons (Fsp3) is 0.200. The van der Waals surface area contributed by atoms with Crippen molar-refractivity contribution < 1.29 is 14.3 Å². The van der Waals surface area contributed by atoms with E-state index in [4.69, 9.17) is 14.1 Å². The summed E-state index contributed by atoms with van der Waals surface area (Å²) in [5.74, 6) is 1.40. The van der Waals surface area contributed by atoms with Crippen molar-refractivity contribution in [3.63, 3.8) is 0 Å². The van der Waals surface area contributed by atoms with Crippen LogP contribution in [-0.2, 0) is 0 Å². The first kappa shape index (κ1) is 22.6. The number of nitrogens with zero attached hydrogens (tertiary/aromatic N) is 2. The molecule has 164 valence electrons. The van der Waals surface area contributed by atoms with Gasteiger partial charge in [-0.25, -0.2) is 4.98 Å². The van der Waals surface area contributed by atoms with E-state index in [1.165, 1.54) is 12.7 Å². The molecule has 0 saturated carbocycles. The first-order valence-corrected chi connectivity index (χ1v) is 11.8. The number of phenols is 1. The van der Waals surface area contributed by atoms with E-state index in [1.807, 2.05) is 30.3 Å². The van der Waals surface area contributed by atoms with Crippen molar-refractivity contribution in [2.75, 3.05) is 7.11 Å².